The summed E-state index contributed by atoms with van der Waals surface area (Å²) < 4.78 is 0. The number of nitrogens with zero attached hydrogens (tertiary/aromatic N) is 1. The second kappa shape index (κ2) is 6.85. The number of hydrogen-bond donors (Lipinski definition) is 1. The highest BCUT2D eigenvalue weighted by atomic mass is 32.1. The van der Waals surface area contributed by atoms with Crippen molar-refractivity contribution in [2.75, 3.05) is 0 Å². The van der Waals surface area contributed by atoms with E-state index in [0.717, 1.165) is 11.4 Å². The van der Waals surface area contributed by atoms with Crippen LogP contribution in [-0.2, 0) is 6.54 Å². The first-order valence-corrected chi connectivity index (χ1v) is 7.54. The topological polar surface area (TPSA) is 55.2 Å². The lowest BCUT2D eigenvalue weighted by Crippen LogP contribution is -2.28. The van der Waals surface area contributed by atoms with Crippen molar-refractivity contribution in [3.8, 4) is 0 Å². The minimum Gasteiger partial charge on any atom is -0.309 e. The smallest absolute Gasteiger partial charge is 0.309 e. The Morgan fingerprint density at radius 3 is 2.50 bits per heavy atom. The summed E-state index contributed by atoms with van der Waals surface area (Å²) in [6, 6.07) is 4.05. The Bertz CT molecular complexity index is 384. The molecule has 1 heterocycles. The molecule has 18 heavy (non-hydrogen) atoms. The van der Waals surface area contributed by atoms with Gasteiger partial charge in [-0.15, -0.1) is 0 Å². The third-order valence-corrected chi connectivity index (χ3v) is 4.53. The molecule has 5 heteroatoms. The maximum Gasteiger partial charge on any atom is 0.324 e. The molecular weight excluding hydrogens is 248 g/mol. The first-order valence-electron chi connectivity index (χ1n) is 6.72. The molecule has 100 valence electrons. The molecule has 0 unspecified atom stereocenters. The van der Waals surface area contributed by atoms with Crippen molar-refractivity contribution >= 4 is 16.3 Å². The Morgan fingerprint density at radius 1 is 1.22 bits per heavy atom. The highest BCUT2D eigenvalue weighted by molar-refractivity contribution is 7.15. The predicted octanol–water partition coefficient (Wildman–Crippen LogP) is 3.86. The zero-order chi connectivity index (χ0) is 12.8. The predicted molar refractivity (Wildman–Crippen MR) is 73.9 cm³/mol. The van der Waals surface area contributed by atoms with Crippen LogP contribution in [0.4, 0.5) is 5.00 Å². The lowest BCUT2D eigenvalue weighted by atomic mass is 9.97. The summed E-state index contributed by atoms with van der Waals surface area (Å²) in [6.07, 6.45) is 9.18. The molecule has 0 radical (unpaired) electrons. The number of nitrogens with one attached hydrogen (secondary N) is 1. The van der Waals surface area contributed by atoms with Gasteiger partial charge in [-0.05, 0) is 18.9 Å². The minimum absolute atomic E-state index is 0.240. The van der Waals surface area contributed by atoms with Crippen molar-refractivity contribution in [3.05, 3.63) is 27.1 Å². The van der Waals surface area contributed by atoms with Gasteiger partial charge < -0.3 is 5.32 Å². The Balaban J connectivity index is 1.80. The minimum atomic E-state index is -0.315. The number of thiophene rings is 1. The first kappa shape index (κ1) is 13.5. The summed E-state index contributed by atoms with van der Waals surface area (Å²) in [5.41, 5.74) is 0. The molecule has 1 fully saturated rings. The van der Waals surface area contributed by atoms with E-state index in [1.807, 2.05) is 6.07 Å². The quantitative estimate of drug-likeness (QED) is 0.666. The molecule has 1 aliphatic carbocycles. The van der Waals surface area contributed by atoms with Gasteiger partial charge in [-0.2, -0.15) is 0 Å². The first-order chi connectivity index (χ1) is 8.75. The van der Waals surface area contributed by atoms with E-state index in [9.17, 15) is 10.1 Å². The van der Waals surface area contributed by atoms with Gasteiger partial charge in [-0.1, -0.05) is 43.4 Å². The Kier molecular flexibility index (Phi) is 5.13. The Morgan fingerprint density at radius 2 is 1.89 bits per heavy atom. The summed E-state index contributed by atoms with van der Waals surface area (Å²) in [4.78, 5) is 11.3. The second-order valence-electron chi connectivity index (χ2n) is 4.92. The van der Waals surface area contributed by atoms with Crippen LogP contribution in [0.25, 0.3) is 0 Å². The van der Waals surface area contributed by atoms with Crippen LogP contribution in [0, 0.1) is 10.1 Å². The van der Waals surface area contributed by atoms with E-state index in [0.29, 0.717) is 6.04 Å². The molecule has 0 aromatic carbocycles. The Labute approximate surface area is 112 Å². The molecule has 1 aliphatic rings. The summed E-state index contributed by atoms with van der Waals surface area (Å²) in [6.45, 7) is 0.767. The van der Waals surface area contributed by atoms with Crippen LogP contribution in [0.3, 0.4) is 0 Å². The average Bonchev–Trinajstić information content (AvgIpc) is 2.76. The van der Waals surface area contributed by atoms with Crippen molar-refractivity contribution in [3.63, 3.8) is 0 Å². The fourth-order valence-electron chi connectivity index (χ4n) is 2.46. The van der Waals surface area contributed by atoms with Crippen molar-refractivity contribution in [2.45, 2.75) is 57.5 Å². The second-order valence-corrected chi connectivity index (χ2v) is 6.07. The van der Waals surface area contributed by atoms with E-state index in [1.165, 1.54) is 56.3 Å². The van der Waals surface area contributed by atoms with Crippen LogP contribution in [0.2, 0.25) is 0 Å². The van der Waals surface area contributed by atoms with Crippen LogP contribution >= 0.6 is 11.3 Å². The van der Waals surface area contributed by atoms with E-state index in [2.05, 4.69) is 5.32 Å². The summed E-state index contributed by atoms with van der Waals surface area (Å²) in [7, 11) is 0. The highest BCUT2D eigenvalue weighted by Crippen LogP contribution is 2.24. The lowest BCUT2D eigenvalue weighted by Gasteiger charge is -2.20. The van der Waals surface area contributed by atoms with Crippen LogP contribution in [0.15, 0.2) is 12.1 Å². The van der Waals surface area contributed by atoms with Crippen molar-refractivity contribution in [2.24, 2.45) is 0 Å². The molecule has 0 bridgehead atoms. The summed E-state index contributed by atoms with van der Waals surface area (Å²) >= 11 is 1.28. The van der Waals surface area contributed by atoms with E-state index in [1.54, 1.807) is 6.07 Å². The molecule has 0 amide bonds. The fraction of sp³-hybridized carbons (Fsp3) is 0.692. The van der Waals surface area contributed by atoms with Gasteiger partial charge in [0, 0.05) is 23.5 Å². The maximum atomic E-state index is 10.6. The Hall–Kier alpha value is -0.940. The van der Waals surface area contributed by atoms with Crippen LogP contribution in [0.5, 0.6) is 0 Å². The number of nitro groups is 1. The molecule has 4 nitrogen and oxygen atoms in total. The highest BCUT2D eigenvalue weighted by Gasteiger charge is 2.13. The van der Waals surface area contributed by atoms with E-state index >= 15 is 0 Å². The molecule has 0 aliphatic heterocycles. The fourth-order valence-corrected chi connectivity index (χ4v) is 3.24. The molecule has 2 rings (SSSR count). The lowest BCUT2D eigenvalue weighted by molar-refractivity contribution is -0.380. The summed E-state index contributed by atoms with van der Waals surface area (Å²) in [5.74, 6) is 0. The molecule has 0 atom stereocenters. The monoisotopic (exact) mass is 268 g/mol. The number of rotatable bonds is 4. The van der Waals surface area contributed by atoms with E-state index < -0.39 is 0 Å². The van der Waals surface area contributed by atoms with E-state index in [-0.39, 0.29) is 9.92 Å². The number of hydrogen-bond acceptors (Lipinski definition) is 4. The van der Waals surface area contributed by atoms with Crippen LogP contribution < -0.4 is 5.32 Å². The standard InChI is InChI=1S/C13H20N2O2S/c16-15(17)13-9-8-12(18-13)10-14-11-6-4-2-1-3-5-7-11/h8-9,11,14H,1-7,10H2. The molecular formula is C13H20N2O2S. The van der Waals surface area contributed by atoms with Crippen molar-refractivity contribution in [1.82, 2.24) is 5.32 Å². The van der Waals surface area contributed by atoms with Gasteiger partial charge in [-0.3, -0.25) is 10.1 Å². The van der Waals surface area contributed by atoms with Gasteiger partial charge in [0.2, 0.25) is 0 Å². The maximum absolute atomic E-state index is 10.6. The van der Waals surface area contributed by atoms with Crippen LogP contribution in [0.1, 0.15) is 49.8 Å². The van der Waals surface area contributed by atoms with Crippen molar-refractivity contribution in [1.29, 1.82) is 0 Å². The van der Waals surface area contributed by atoms with Gasteiger partial charge in [0.25, 0.3) is 0 Å². The van der Waals surface area contributed by atoms with Gasteiger partial charge in [0.15, 0.2) is 0 Å². The van der Waals surface area contributed by atoms with Crippen LogP contribution in [-0.4, -0.2) is 11.0 Å². The molecule has 0 spiro atoms. The molecule has 0 saturated heterocycles. The zero-order valence-corrected chi connectivity index (χ0v) is 11.4. The van der Waals surface area contributed by atoms with E-state index in [4.69, 9.17) is 0 Å². The summed E-state index contributed by atoms with van der Waals surface area (Å²) in [5, 5.41) is 14.4. The van der Waals surface area contributed by atoms with Gasteiger partial charge >= 0.3 is 5.00 Å². The third-order valence-electron chi connectivity index (χ3n) is 3.50. The molecule has 1 N–H and O–H groups in total. The van der Waals surface area contributed by atoms with Gasteiger partial charge in [-0.25, -0.2) is 0 Å². The van der Waals surface area contributed by atoms with Crippen molar-refractivity contribution < 1.29 is 4.92 Å². The normalized spacial score (nSPS) is 18.2. The molecule has 1 aromatic heterocycles. The third kappa shape index (κ3) is 4.07. The average molecular weight is 268 g/mol. The molecule has 1 aromatic rings. The van der Waals surface area contributed by atoms with Gasteiger partial charge in [0.1, 0.15) is 0 Å². The molecule has 1 saturated carbocycles. The van der Waals surface area contributed by atoms with Gasteiger partial charge in [0.05, 0.1) is 4.92 Å². The zero-order valence-electron chi connectivity index (χ0n) is 10.6. The largest absolute Gasteiger partial charge is 0.324 e. The SMILES string of the molecule is O=[N+]([O-])c1ccc(CNC2CCCCCCC2)s1.